The van der Waals surface area contributed by atoms with Gasteiger partial charge in [0.2, 0.25) is 0 Å². The van der Waals surface area contributed by atoms with Crippen molar-refractivity contribution in [1.82, 2.24) is 15.0 Å². The number of aryl methyl sites for hydroxylation is 1. The lowest BCUT2D eigenvalue weighted by Crippen LogP contribution is -2.35. The molecule has 1 saturated heterocycles. The summed E-state index contributed by atoms with van der Waals surface area (Å²) >= 11 is 0. The van der Waals surface area contributed by atoms with Crippen molar-refractivity contribution in [2.75, 3.05) is 0 Å². The highest BCUT2D eigenvalue weighted by atomic mass is 16.5. The van der Waals surface area contributed by atoms with Crippen molar-refractivity contribution in [1.29, 1.82) is 0 Å². The molecule has 1 atom stereocenters. The molecule has 1 fully saturated rings. The Bertz CT molecular complexity index is 769. The summed E-state index contributed by atoms with van der Waals surface area (Å²) in [6.07, 6.45) is 0. The maximum Gasteiger partial charge on any atom is 0.335 e. The van der Waals surface area contributed by atoms with Crippen LogP contribution in [0.15, 0.2) is 40.9 Å². The van der Waals surface area contributed by atoms with Crippen LogP contribution in [0.3, 0.4) is 0 Å². The summed E-state index contributed by atoms with van der Waals surface area (Å²) in [7, 11) is 0. The Morgan fingerprint density at radius 3 is 2.43 bits per heavy atom. The number of nitrogens with zero attached hydrogens (tertiary/aromatic N) is 3. The fraction of sp³-hybridized carbons (Fsp3) is 0.250. The van der Waals surface area contributed by atoms with Gasteiger partial charge in [-0.1, -0.05) is 35.5 Å². The number of carbonyl (C=O) groups excluding carboxylic acids is 3. The topological polar surface area (TPSA) is 83.7 Å². The monoisotopic (exact) mass is 313 g/mol. The van der Waals surface area contributed by atoms with Crippen LogP contribution >= 0.6 is 0 Å². The molecule has 2 aromatic rings. The van der Waals surface area contributed by atoms with Crippen molar-refractivity contribution in [3.05, 3.63) is 53.4 Å². The molecule has 1 unspecified atom stereocenters. The van der Waals surface area contributed by atoms with Crippen molar-refractivity contribution in [2.24, 2.45) is 0 Å². The molecule has 7 heteroatoms. The van der Waals surface area contributed by atoms with E-state index in [0.717, 1.165) is 15.4 Å². The highest BCUT2D eigenvalue weighted by Crippen LogP contribution is 2.27. The number of benzene rings is 1. The molecule has 0 aliphatic carbocycles. The van der Waals surface area contributed by atoms with E-state index in [9.17, 15) is 14.4 Å². The smallest absolute Gasteiger partial charge is 0.335 e. The third-order valence-electron chi connectivity index (χ3n) is 3.74. The molecule has 23 heavy (non-hydrogen) atoms. The average molecular weight is 313 g/mol. The van der Waals surface area contributed by atoms with E-state index in [-0.39, 0.29) is 6.54 Å². The summed E-state index contributed by atoms with van der Waals surface area (Å²) in [6.45, 7) is 3.33. The molecule has 4 amide bonds. The predicted molar refractivity (Wildman–Crippen MR) is 78.9 cm³/mol. The summed E-state index contributed by atoms with van der Waals surface area (Å²) in [5.74, 6) is -1.33. The molecule has 0 saturated carbocycles. The standard InChI is InChI=1S/C16H15N3O4/c1-10-8-13(23-17-10)9-18-14(20)15(21)19(16(18)22)11(2)12-6-4-3-5-7-12/h3-8,11H,9H2,1-2H3. The molecule has 1 aliphatic rings. The maximum atomic E-state index is 12.5. The average Bonchev–Trinajstić information content (AvgIpc) is 3.05. The molecule has 0 bridgehead atoms. The Labute approximate surface area is 132 Å². The van der Waals surface area contributed by atoms with E-state index in [1.54, 1.807) is 32.0 Å². The summed E-state index contributed by atoms with van der Waals surface area (Å²) in [5, 5.41) is 3.71. The van der Waals surface area contributed by atoms with Gasteiger partial charge in [0, 0.05) is 6.07 Å². The normalized spacial score (nSPS) is 16.3. The number of amides is 4. The highest BCUT2D eigenvalue weighted by Gasteiger charge is 2.47. The van der Waals surface area contributed by atoms with Gasteiger partial charge in [-0.15, -0.1) is 0 Å². The molecule has 0 radical (unpaired) electrons. The largest absolute Gasteiger partial charge is 0.359 e. The molecular weight excluding hydrogens is 298 g/mol. The van der Waals surface area contributed by atoms with Crippen LogP contribution in [0, 0.1) is 6.92 Å². The molecule has 7 nitrogen and oxygen atoms in total. The minimum atomic E-state index is -0.855. The second-order valence-electron chi connectivity index (χ2n) is 5.37. The van der Waals surface area contributed by atoms with Crippen LogP contribution in [-0.4, -0.2) is 32.8 Å². The van der Waals surface area contributed by atoms with Crippen LogP contribution in [0.25, 0.3) is 0 Å². The van der Waals surface area contributed by atoms with Gasteiger partial charge in [0.15, 0.2) is 5.76 Å². The minimum Gasteiger partial charge on any atom is -0.359 e. The zero-order valence-corrected chi connectivity index (χ0v) is 12.7. The Morgan fingerprint density at radius 2 is 1.83 bits per heavy atom. The Kier molecular flexibility index (Phi) is 3.69. The predicted octanol–water partition coefficient (Wildman–Crippen LogP) is 2.04. The third-order valence-corrected chi connectivity index (χ3v) is 3.74. The van der Waals surface area contributed by atoms with E-state index in [2.05, 4.69) is 5.16 Å². The van der Waals surface area contributed by atoms with Gasteiger partial charge in [0.25, 0.3) is 0 Å². The van der Waals surface area contributed by atoms with Gasteiger partial charge < -0.3 is 4.52 Å². The van der Waals surface area contributed by atoms with Gasteiger partial charge in [-0.3, -0.25) is 9.59 Å². The Hall–Kier alpha value is -2.96. The first-order valence-electron chi connectivity index (χ1n) is 7.15. The van der Waals surface area contributed by atoms with E-state index < -0.39 is 23.9 Å². The zero-order valence-electron chi connectivity index (χ0n) is 12.7. The number of urea groups is 1. The SMILES string of the molecule is Cc1cc(CN2C(=O)C(=O)N(C(C)c3ccccc3)C2=O)on1. The second kappa shape index (κ2) is 5.68. The lowest BCUT2D eigenvalue weighted by Gasteiger charge is -2.22. The zero-order chi connectivity index (χ0) is 16.6. The van der Waals surface area contributed by atoms with Crippen LogP contribution in [0.2, 0.25) is 0 Å². The maximum absolute atomic E-state index is 12.5. The summed E-state index contributed by atoms with van der Waals surface area (Å²) in [6, 6.07) is 9.52. The minimum absolute atomic E-state index is 0.109. The lowest BCUT2D eigenvalue weighted by molar-refractivity contribution is -0.144. The lowest BCUT2D eigenvalue weighted by atomic mass is 10.1. The number of carbonyl (C=O) groups is 3. The first kappa shape index (κ1) is 15.0. The van der Waals surface area contributed by atoms with E-state index in [1.165, 1.54) is 0 Å². The van der Waals surface area contributed by atoms with Crippen LogP contribution in [-0.2, 0) is 16.1 Å². The van der Waals surface area contributed by atoms with Crippen LogP contribution in [0.4, 0.5) is 4.79 Å². The molecule has 0 spiro atoms. The molecule has 0 N–H and O–H groups in total. The van der Waals surface area contributed by atoms with Gasteiger partial charge in [-0.25, -0.2) is 14.6 Å². The summed E-state index contributed by atoms with van der Waals surface area (Å²) in [5.41, 5.74) is 1.42. The van der Waals surface area contributed by atoms with Crippen molar-refractivity contribution >= 4 is 17.8 Å². The van der Waals surface area contributed by atoms with Gasteiger partial charge in [0.1, 0.15) is 0 Å². The van der Waals surface area contributed by atoms with Crippen molar-refractivity contribution < 1.29 is 18.9 Å². The quantitative estimate of drug-likeness (QED) is 0.637. The number of aromatic nitrogens is 1. The summed E-state index contributed by atoms with van der Waals surface area (Å²) < 4.78 is 5.01. The van der Waals surface area contributed by atoms with Gasteiger partial charge in [0.05, 0.1) is 18.3 Å². The summed E-state index contributed by atoms with van der Waals surface area (Å²) in [4.78, 5) is 38.7. The van der Waals surface area contributed by atoms with Gasteiger partial charge in [-0.2, -0.15) is 0 Å². The van der Waals surface area contributed by atoms with Crippen LogP contribution < -0.4 is 0 Å². The van der Waals surface area contributed by atoms with E-state index >= 15 is 0 Å². The van der Waals surface area contributed by atoms with E-state index in [4.69, 9.17) is 4.52 Å². The van der Waals surface area contributed by atoms with Crippen molar-refractivity contribution in [3.63, 3.8) is 0 Å². The third kappa shape index (κ3) is 2.61. The molecular formula is C16H15N3O4. The molecule has 1 aliphatic heterocycles. The van der Waals surface area contributed by atoms with E-state index in [0.29, 0.717) is 11.5 Å². The van der Waals surface area contributed by atoms with Gasteiger partial charge >= 0.3 is 17.8 Å². The molecule has 3 rings (SSSR count). The number of rotatable bonds is 4. The number of imide groups is 2. The molecule has 118 valence electrons. The van der Waals surface area contributed by atoms with Crippen LogP contribution in [0.5, 0.6) is 0 Å². The first-order chi connectivity index (χ1) is 11.0. The fourth-order valence-corrected chi connectivity index (χ4v) is 2.53. The van der Waals surface area contributed by atoms with Crippen LogP contribution in [0.1, 0.15) is 30.0 Å². The molecule has 1 aromatic heterocycles. The van der Waals surface area contributed by atoms with Crippen molar-refractivity contribution in [2.45, 2.75) is 26.4 Å². The fourth-order valence-electron chi connectivity index (χ4n) is 2.53. The Morgan fingerprint density at radius 1 is 1.13 bits per heavy atom. The van der Waals surface area contributed by atoms with E-state index in [1.807, 2.05) is 18.2 Å². The molecule has 2 heterocycles. The Balaban J connectivity index is 1.85. The van der Waals surface area contributed by atoms with Crippen molar-refractivity contribution in [3.8, 4) is 0 Å². The highest BCUT2D eigenvalue weighted by molar-refractivity contribution is 6.44. The second-order valence-corrected chi connectivity index (χ2v) is 5.37. The first-order valence-corrected chi connectivity index (χ1v) is 7.15. The number of hydrogen-bond donors (Lipinski definition) is 0. The van der Waals surface area contributed by atoms with Gasteiger partial charge in [-0.05, 0) is 19.4 Å². The number of hydrogen-bond acceptors (Lipinski definition) is 5. The molecule has 1 aromatic carbocycles.